The smallest absolute Gasteiger partial charge is 0.242 e. The zero-order valence-electron chi connectivity index (χ0n) is 14.5. The summed E-state index contributed by atoms with van der Waals surface area (Å²) in [4.78, 5) is 24.6. The molecule has 0 aliphatic rings. The Morgan fingerprint density at radius 2 is 1.64 bits per heavy atom. The van der Waals surface area contributed by atoms with Gasteiger partial charge in [0, 0.05) is 6.04 Å². The van der Waals surface area contributed by atoms with E-state index in [1.165, 1.54) is 0 Å². The molecule has 2 atom stereocenters. The lowest BCUT2D eigenvalue weighted by atomic mass is 9.83. The largest absolute Gasteiger partial charge is 0.352 e. The molecule has 2 unspecified atom stereocenters. The average Bonchev–Trinajstić information content (AvgIpc) is 2.47. The highest BCUT2D eigenvalue weighted by atomic mass is 16.2. The number of amides is 2. The second kappa shape index (κ2) is 7.43. The molecule has 0 aliphatic heterocycles. The van der Waals surface area contributed by atoms with Crippen molar-refractivity contribution in [1.29, 1.82) is 0 Å². The number of hydrogen-bond donors (Lipinski definition) is 2. The topological polar surface area (TPSA) is 58.2 Å². The maximum Gasteiger partial charge on any atom is 0.242 e. The van der Waals surface area contributed by atoms with Gasteiger partial charge in [-0.2, -0.15) is 0 Å². The summed E-state index contributed by atoms with van der Waals surface area (Å²) in [7, 11) is 0. The Morgan fingerprint density at radius 3 is 2.14 bits per heavy atom. The van der Waals surface area contributed by atoms with E-state index < -0.39 is 11.5 Å². The van der Waals surface area contributed by atoms with Gasteiger partial charge in [0.2, 0.25) is 11.8 Å². The van der Waals surface area contributed by atoms with Gasteiger partial charge in [-0.1, -0.05) is 36.8 Å². The van der Waals surface area contributed by atoms with Crippen molar-refractivity contribution >= 4 is 11.8 Å². The zero-order chi connectivity index (χ0) is 16.9. The van der Waals surface area contributed by atoms with Gasteiger partial charge in [-0.3, -0.25) is 9.59 Å². The third-order valence-electron chi connectivity index (χ3n) is 4.08. The fourth-order valence-electron chi connectivity index (χ4n) is 2.01. The van der Waals surface area contributed by atoms with Gasteiger partial charge in [0.25, 0.3) is 0 Å². The second-order valence-corrected chi connectivity index (χ2v) is 6.50. The fraction of sp³-hybridized carbons (Fsp3) is 0.556. The normalized spacial score (nSPS) is 14.1. The number of nitrogens with one attached hydrogen (secondary N) is 2. The lowest BCUT2D eigenvalue weighted by Gasteiger charge is -2.27. The lowest BCUT2D eigenvalue weighted by Crippen LogP contribution is -2.51. The number of rotatable bonds is 6. The Balaban J connectivity index is 2.74. The van der Waals surface area contributed by atoms with E-state index in [1.807, 2.05) is 58.9 Å². The first-order chi connectivity index (χ1) is 10.2. The van der Waals surface area contributed by atoms with Gasteiger partial charge in [-0.15, -0.1) is 0 Å². The van der Waals surface area contributed by atoms with Crippen LogP contribution in [0.1, 0.15) is 52.2 Å². The number of benzene rings is 1. The first-order valence-electron chi connectivity index (χ1n) is 7.87. The molecule has 4 heteroatoms. The number of carbonyl (C=O) groups excluding carboxylic acids is 2. The van der Waals surface area contributed by atoms with Crippen LogP contribution in [0.2, 0.25) is 0 Å². The molecule has 0 aromatic heterocycles. The monoisotopic (exact) mass is 304 g/mol. The Hall–Kier alpha value is -1.84. The van der Waals surface area contributed by atoms with Crippen LogP contribution < -0.4 is 10.6 Å². The maximum atomic E-state index is 12.5. The van der Waals surface area contributed by atoms with E-state index >= 15 is 0 Å². The van der Waals surface area contributed by atoms with Gasteiger partial charge in [0.15, 0.2) is 0 Å². The molecule has 1 aromatic carbocycles. The summed E-state index contributed by atoms with van der Waals surface area (Å²) in [6, 6.07) is 7.45. The van der Waals surface area contributed by atoms with Crippen LogP contribution >= 0.6 is 0 Å². The Labute approximate surface area is 133 Å². The molecule has 0 saturated carbocycles. The van der Waals surface area contributed by atoms with Crippen LogP contribution in [-0.4, -0.2) is 23.9 Å². The standard InChI is InChI=1S/C18H28N2O2/c1-7-13(3)19-16(21)14(4)20-17(22)18(5,6)15-10-8-12(2)9-11-15/h8-11,13-14H,7H2,1-6H3,(H,19,21)(H,20,22). The van der Waals surface area contributed by atoms with Crippen LogP contribution in [0.3, 0.4) is 0 Å². The van der Waals surface area contributed by atoms with Crippen LogP contribution in [-0.2, 0) is 15.0 Å². The maximum absolute atomic E-state index is 12.5. The molecule has 2 amide bonds. The zero-order valence-corrected chi connectivity index (χ0v) is 14.5. The highest BCUT2D eigenvalue weighted by molar-refractivity contribution is 5.92. The molecule has 2 N–H and O–H groups in total. The first kappa shape index (κ1) is 18.2. The van der Waals surface area contributed by atoms with E-state index in [0.717, 1.165) is 17.5 Å². The molecule has 0 aliphatic carbocycles. The highest BCUT2D eigenvalue weighted by Crippen LogP contribution is 2.23. The summed E-state index contributed by atoms with van der Waals surface area (Å²) in [5, 5.41) is 5.69. The summed E-state index contributed by atoms with van der Waals surface area (Å²) in [5.41, 5.74) is 1.41. The summed E-state index contributed by atoms with van der Waals surface area (Å²) in [6.45, 7) is 11.4. The van der Waals surface area contributed by atoms with Crippen LogP contribution in [0.4, 0.5) is 0 Å². The number of hydrogen-bond acceptors (Lipinski definition) is 2. The van der Waals surface area contributed by atoms with Crippen molar-refractivity contribution < 1.29 is 9.59 Å². The Bertz CT molecular complexity index is 520. The fourth-order valence-corrected chi connectivity index (χ4v) is 2.01. The van der Waals surface area contributed by atoms with Crippen molar-refractivity contribution in [1.82, 2.24) is 10.6 Å². The minimum atomic E-state index is -0.682. The van der Waals surface area contributed by atoms with Crippen molar-refractivity contribution in [2.45, 2.75) is 65.5 Å². The molecule has 122 valence electrons. The van der Waals surface area contributed by atoms with E-state index in [4.69, 9.17) is 0 Å². The molecular formula is C18H28N2O2. The van der Waals surface area contributed by atoms with Crippen molar-refractivity contribution in [2.24, 2.45) is 0 Å². The minimum Gasteiger partial charge on any atom is -0.352 e. The SMILES string of the molecule is CCC(C)NC(=O)C(C)NC(=O)C(C)(C)c1ccc(C)cc1. The van der Waals surface area contributed by atoms with Crippen LogP contribution in [0.15, 0.2) is 24.3 Å². The molecule has 0 bridgehead atoms. The third kappa shape index (κ3) is 4.58. The van der Waals surface area contributed by atoms with Crippen LogP contribution in [0.5, 0.6) is 0 Å². The summed E-state index contributed by atoms with van der Waals surface area (Å²) < 4.78 is 0. The van der Waals surface area contributed by atoms with Crippen LogP contribution in [0, 0.1) is 6.92 Å². The van der Waals surface area contributed by atoms with Gasteiger partial charge in [-0.25, -0.2) is 0 Å². The summed E-state index contributed by atoms with van der Waals surface area (Å²) >= 11 is 0. The molecule has 1 aromatic rings. The van der Waals surface area contributed by atoms with Crippen molar-refractivity contribution in [3.05, 3.63) is 35.4 Å². The molecule has 4 nitrogen and oxygen atoms in total. The summed E-state index contributed by atoms with van der Waals surface area (Å²) in [5.74, 6) is -0.300. The van der Waals surface area contributed by atoms with E-state index in [9.17, 15) is 9.59 Å². The average molecular weight is 304 g/mol. The first-order valence-corrected chi connectivity index (χ1v) is 7.87. The van der Waals surface area contributed by atoms with Crippen molar-refractivity contribution in [3.8, 4) is 0 Å². The molecule has 22 heavy (non-hydrogen) atoms. The lowest BCUT2D eigenvalue weighted by molar-refractivity contribution is -0.131. The number of carbonyl (C=O) groups is 2. The summed E-state index contributed by atoms with van der Waals surface area (Å²) in [6.07, 6.45) is 0.862. The Kier molecular flexibility index (Phi) is 6.15. The van der Waals surface area contributed by atoms with E-state index in [-0.39, 0.29) is 17.9 Å². The Morgan fingerprint density at radius 1 is 1.09 bits per heavy atom. The second-order valence-electron chi connectivity index (χ2n) is 6.50. The molecule has 0 heterocycles. The molecular weight excluding hydrogens is 276 g/mol. The van der Waals surface area contributed by atoms with E-state index in [2.05, 4.69) is 10.6 Å². The van der Waals surface area contributed by atoms with Gasteiger partial charge >= 0.3 is 0 Å². The molecule has 0 radical (unpaired) electrons. The molecule has 1 rings (SSSR count). The van der Waals surface area contributed by atoms with Gasteiger partial charge < -0.3 is 10.6 Å². The van der Waals surface area contributed by atoms with Crippen LogP contribution in [0.25, 0.3) is 0 Å². The van der Waals surface area contributed by atoms with Crippen molar-refractivity contribution in [2.75, 3.05) is 0 Å². The third-order valence-corrected chi connectivity index (χ3v) is 4.08. The van der Waals surface area contributed by atoms with Gasteiger partial charge in [-0.05, 0) is 46.6 Å². The molecule has 0 spiro atoms. The predicted octanol–water partition coefficient (Wildman–Crippen LogP) is 2.69. The van der Waals surface area contributed by atoms with Gasteiger partial charge in [0.05, 0.1) is 5.41 Å². The quantitative estimate of drug-likeness (QED) is 0.849. The molecule has 0 fully saturated rings. The van der Waals surface area contributed by atoms with Crippen molar-refractivity contribution in [3.63, 3.8) is 0 Å². The minimum absolute atomic E-state index is 0.108. The number of aryl methyl sites for hydroxylation is 1. The van der Waals surface area contributed by atoms with E-state index in [0.29, 0.717) is 0 Å². The van der Waals surface area contributed by atoms with E-state index in [1.54, 1.807) is 6.92 Å². The predicted molar refractivity (Wildman–Crippen MR) is 89.7 cm³/mol. The van der Waals surface area contributed by atoms with Gasteiger partial charge in [0.1, 0.15) is 6.04 Å². The molecule has 0 saturated heterocycles. The highest BCUT2D eigenvalue weighted by Gasteiger charge is 2.31.